The number of aromatic nitrogens is 3. The van der Waals surface area contributed by atoms with Crippen molar-refractivity contribution in [2.24, 2.45) is 0 Å². The average molecular weight is 387 g/mol. The molecule has 0 amide bonds. The fourth-order valence-electron chi connectivity index (χ4n) is 3.81. The topological polar surface area (TPSA) is 38.7 Å². The molecule has 0 atom stereocenters. The fourth-order valence-corrected chi connectivity index (χ4v) is 3.81. The van der Waals surface area contributed by atoms with Gasteiger partial charge in [-0.05, 0) is 49.2 Å². The zero-order valence-corrected chi connectivity index (χ0v) is 17.0. The summed E-state index contributed by atoms with van der Waals surface area (Å²) in [5, 5.41) is 1.12. The Labute approximate surface area is 176 Å². The molecule has 0 saturated heterocycles. The van der Waals surface area contributed by atoms with E-state index in [9.17, 15) is 0 Å². The van der Waals surface area contributed by atoms with Crippen LogP contribution in [-0.2, 0) is 0 Å². The van der Waals surface area contributed by atoms with E-state index in [-0.39, 0.29) is 0 Å². The third-order valence-corrected chi connectivity index (χ3v) is 5.41. The maximum absolute atomic E-state index is 5.04. The number of rotatable bonds is 3. The highest BCUT2D eigenvalue weighted by molar-refractivity contribution is 5.95. The quantitative estimate of drug-likeness (QED) is 0.348. The monoisotopic (exact) mass is 387 g/mol. The average Bonchev–Trinajstić information content (AvgIpc) is 2.81. The van der Waals surface area contributed by atoms with Crippen molar-refractivity contribution < 1.29 is 0 Å². The minimum Gasteiger partial charge on any atom is -0.256 e. The van der Waals surface area contributed by atoms with Crippen LogP contribution in [0.5, 0.6) is 0 Å². The van der Waals surface area contributed by atoms with Crippen molar-refractivity contribution in [3.05, 3.63) is 102 Å². The number of hydrogen-bond acceptors (Lipinski definition) is 3. The summed E-state index contributed by atoms with van der Waals surface area (Å²) in [6, 6.07) is 28.9. The highest BCUT2D eigenvalue weighted by Gasteiger charge is 2.12. The van der Waals surface area contributed by atoms with Gasteiger partial charge in [-0.3, -0.25) is 4.98 Å². The van der Waals surface area contributed by atoms with E-state index in [0.717, 1.165) is 50.4 Å². The predicted octanol–water partition coefficient (Wildman–Crippen LogP) is 6.64. The molecule has 0 aliphatic carbocycles. The molecule has 30 heavy (non-hydrogen) atoms. The van der Waals surface area contributed by atoms with Crippen molar-refractivity contribution >= 4 is 10.9 Å². The maximum Gasteiger partial charge on any atom is 0.0923 e. The molecule has 0 unspecified atom stereocenters. The van der Waals surface area contributed by atoms with Gasteiger partial charge in [0.05, 0.1) is 28.3 Å². The number of hydrogen-bond donors (Lipinski definition) is 0. The van der Waals surface area contributed by atoms with Crippen LogP contribution in [0, 0.1) is 13.8 Å². The Bertz CT molecular complexity index is 1360. The van der Waals surface area contributed by atoms with Gasteiger partial charge in [-0.1, -0.05) is 60.7 Å². The molecule has 5 rings (SSSR count). The Hall–Kier alpha value is -3.85. The molecule has 2 aromatic carbocycles. The number of benzene rings is 2. The van der Waals surface area contributed by atoms with E-state index >= 15 is 0 Å². The van der Waals surface area contributed by atoms with E-state index in [1.54, 1.807) is 0 Å². The summed E-state index contributed by atoms with van der Waals surface area (Å²) in [5.74, 6) is 0. The summed E-state index contributed by atoms with van der Waals surface area (Å²) in [5.41, 5.74) is 9.14. The second kappa shape index (κ2) is 7.53. The number of nitrogens with zero attached hydrogens (tertiary/aromatic N) is 3. The molecular formula is C27H21N3. The lowest BCUT2D eigenvalue weighted by molar-refractivity contribution is 1.22. The molecule has 3 aromatic heterocycles. The number of pyridine rings is 3. The molecule has 0 bridgehead atoms. The van der Waals surface area contributed by atoms with Gasteiger partial charge in [-0.25, -0.2) is 9.97 Å². The van der Waals surface area contributed by atoms with Gasteiger partial charge >= 0.3 is 0 Å². The molecule has 144 valence electrons. The zero-order chi connectivity index (χ0) is 20.5. The van der Waals surface area contributed by atoms with E-state index in [2.05, 4.69) is 61.3 Å². The minimum absolute atomic E-state index is 0.880. The van der Waals surface area contributed by atoms with Crippen LogP contribution in [-0.4, -0.2) is 15.0 Å². The van der Waals surface area contributed by atoms with Crippen LogP contribution >= 0.6 is 0 Å². The van der Waals surface area contributed by atoms with Gasteiger partial charge in [0, 0.05) is 22.7 Å². The third-order valence-electron chi connectivity index (χ3n) is 5.41. The molecule has 3 heterocycles. The Kier molecular flexibility index (Phi) is 4.56. The van der Waals surface area contributed by atoms with Gasteiger partial charge in [0.2, 0.25) is 0 Å². The summed E-state index contributed by atoms with van der Waals surface area (Å²) in [4.78, 5) is 14.5. The minimum atomic E-state index is 0.880. The lowest BCUT2D eigenvalue weighted by atomic mass is 10.0. The molecule has 0 N–H and O–H groups in total. The standard InChI is InChI=1S/C27H21N3/c1-18-13-15-21(22-10-7-17-28-26(18)22)24-16-14-19(2)27(30-24)25-12-6-11-23(29-25)20-8-4-3-5-9-20/h3-17H,1-2H3. The summed E-state index contributed by atoms with van der Waals surface area (Å²) < 4.78 is 0. The number of fused-ring (bicyclic) bond motifs is 1. The highest BCUT2D eigenvalue weighted by Crippen LogP contribution is 2.31. The Balaban J connectivity index is 1.65. The number of aryl methyl sites for hydroxylation is 2. The fraction of sp³-hybridized carbons (Fsp3) is 0.0741. The van der Waals surface area contributed by atoms with E-state index in [1.807, 2.05) is 48.7 Å². The maximum atomic E-state index is 5.04. The van der Waals surface area contributed by atoms with E-state index < -0.39 is 0 Å². The van der Waals surface area contributed by atoms with Crippen LogP contribution in [0.4, 0.5) is 0 Å². The van der Waals surface area contributed by atoms with Crippen molar-refractivity contribution in [2.75, 3.05) is 0 Å². The van der Waals surface area contributed by atoms with Crippen LogP contribution in [0.1, 0.15) is 11.1 Å². The summed E-state index contributed by atoms with van der Waals surface area (Å²) in [7, 11) is 0. The second-order valence-corrected chi connectivity index (χ2v) is 7.47. The van der Waals surface area contributed by atoms with Crippen LogP contribution in [0.15, 0.2) is 91.1 Å². The highest BCUT2D eigenvalue weighted by atomic mass is 14.8. The molecule has 0 saturated carbocycles. The molecule has 3 nitrogen and oxygen atoms in total. The van der Waals surface area contributed by atoms with Gasteiger partial charge in [-0.2, -0.15) is 0 Å². The van der Waals surface area contributed by atoms with E-state index in [1.165, 1.54) is 5.56 Å². The van der Waals surface area contributed by atoms with E-state index in [4.69, 9.17) is 9.97 Å². The van der Waals surface area contributed by atoms with Gasteiger partial charge in [0.15, 0.2) is 0 Å². The van der Waals surface area contributed by atoms with Crippen LogP contribution < -0.4 is 0 Å². The first-order valence-corrected chi connectivity index (χ1v) is 10.1. The molecular weight excluding hydrogens is 366 g/mol. The van der Waals surface area contributed by atoms with Crippen molar-refractivity contribution in [1.82, 2.24) is 15.0 Å². The first-order chi connectivity index (χ1) is 14.7. The normalized spacial score (nSPS) is 11.0. The van der Waals surface area contributed by atoms with Crippen molar-refractivity contribution in [3.8, 4) is 33.9 Å². The summed E-state index contributed by atoms with van der Waals surface area (Å²) in [6.45, 7) is 4.17. The van der Waals surface area contributed by atoms with Gasteiger partial charge < -0.3 is 0 Å². The smallest absolute Gasteiger partial charge is 0.0923 e. The van der Waals surface area contributed by atoms with Crippen molar-refractivity contribution in [3.63, 3.8) is 0 Å². The van der Waals surface area contributed by atoms with Gasteiger partial charge in [0.25, 0.3) is 0 Å². The molecule has 0 spiro atoms. The SMILES string of the molecule is Cc1ccc(-c2ccc(C)c3ncccc23)nc1-c1cccc(-c2ccccc2)n1. The molecule has 3 heteroatoms. The predicted molar refractivity (Wildman–Crippen MR) is 123 cm³/mol. The van der Waals surface area contributed by atoms with E-state index in [0.29, 0.717) is 0 Å². The van der Waals surface area contributed by atoms with Crippen LogP contribution in [0.25, 0.3) is 44.8 Å². The Morgan fingerprint density at radius 1 is 0.567 bits per heavy atom. The van der Waals surface area contributed by atoms with Crippen LogP contribution in [0.3, 0.4) is 0 Å². The first-order valence-electron chi connectivity index (χ1n) is 10.1. The van der Waals surface area contributed by atoms with Crippen molar-refractivity contribution in [2.45, 2.75) is 13.8 Å². The summed E-state index contributed by atoms with van der Waals surface area (Å²) >= 11 is 0. The van der Waals surface area contributed by atoms with Crippen LogP contribution in [0.2, 0.25) is 0 Å². The largest absolute Gasteiger partial charge is 0.256 e. The third kappa shape index (κ3) is 3.25. The van der Waals surface area contributed by atoms with Crippen molar-refractivity contribution in [1.29, 1.82) is 0 Å². The lowest BCUT2D eigenvalue weighted by Crippen LogP contribution is -1.96. The zero-order valence-electron chi connectivity index (χ0n) is 17.0. The Morgan fingerprint density at radius 2 is 1.37 bits per heavy atom. The molecule has 0 radical (unpaired) electrons. The second-order valence-electron chi connectivity index (χ2n) is 7.47. The lowest BCUT2D eigenvalue weighted by Gasteiger charge is -2.12. The Morgan fingerprint density at radius 3 is 2.23 bits per heavy atom. The molecule has 5 aromatic rings. The summed E-state index contributed by atoms with van der Waals surface area (Å²) in [6.07, 6.45) is 1.84. The first kappa shape index (κ1) is 18.2. The molecule has 0 fully saturated rings. The molecule has 0 aliphatic heterocycles. The molecule has 0 aliphatic rings. The van der Waals surface area contributed by atoms with Gasteiger partial charge in [-0.15, -0.1) is 0 Å². The van der Waals surface area contributed by atoms with Gasteiger partial charge in [0.1, 0.15) is 0 Å².